The molecule has 1 aliphatic rings. The summed E-state index contributed by atoms with van der Waals surface area (Å²) < 4.78 is 165. The van der Waals surface area contributed by atoms with Crippen LogP contribution in [0.15, 0.2) is 0 Å². The third-order valence-electron chi connectivity index (χ3n) is 11.5. The molecular weight excluding hydrogens is 1570 g/mol. The van der Waals surface area contributed by atoms with E-state index in [0.717, 1.165) is 0 Å². The lowest BCUT2D eigenvalue weighted by molar-refractivity contribution is -0.160. The Balaban J connectivity index is -0.000000280. The number of hydrogen-bond donors (Lipinski definition) is 7. The quantitative estimate of drug-likeness (QED) is 0.0158. The van der Waals surface area contributed by atoms with Gasteiger partial charge in [0, 0.05) is 26.7 Å². The van der Waals surface area contributed by atoms with Crippen LogP contribution in [0.5, 0.6) is 0 Å². The van der Waals surface area contributed by atoms with E-state index in [2.05, 4.69) is 37.3 Å². The molecule has 1 rings (SSSR count). The van der Waals surface area contributed by atoms with Crippen LogP contribution in [-0.4, -0.2) is 184 Å². The summed E-state index contributed by atoms with van der Waals surface area (Å²) in [5.74, 6) is -3.27. The van der Waals surface area contributed by atoms with Gasteiger partial charge in [-0.25, -0.2) is 24.0 Å². The van der Waals surface area contributed by atoms with Gasteiger partial charge >= 0.3 is 89.9 Å². The average molecular weight is 1700 g/mol. The Morgan fingerprint density at radius 3 is 1.04 bits per heavy atom. The van der Waals surface area contributed by atoms with Crippen LogP contribution >= 0.6 is 53.2 Å². The normalized spacial score (nSPS) is 17.4. The van der Waals surface area contributed by atoms with Crippen molar-refractivity contribution in [2.75, 3.05) is 26.8 Å². The summed E-state index contributed by atoms with van der Waals surface area (Å²) in [6.45, 7) is 53.4. The van der Waals surface area contributed by atoms with Gasteiger partial charge in [-0.05, 0) is 166 Å². The van der Waals surface area contributed by atoms with Crippen molar-refractivity contribution in [3.05, 3.63) is 0 Å². The summed E-state index contributed by atoms with van der Waals surface area (Å²) in [5.41, 5.74) is -2.57. The molecule has 38 nitrogen and oxygen atoms in total. The molecule has 7 N–H and O–H groups in total. The van der Waals surface area contributed by atoms with E-state index < -0.39 is 166 Å². The van der Waals surface area contributed by atoms with Gasteiger partial charge in [-0.3, -0.25) is 63.9 Å². The number of carbonyl (C=O) groups is 6. The van der Waals surface area contributed by atoms with E-state index in [0.29, 0.717) is 19.4 Å². The summed E-state index contributed by atoms with van der Waals surface area (Å²) >= 11 is 0. The van der Waals surface area contributed by atoms with Gasteiger partial charge < -0.3 is 90.9 Å². The zero-order valence-electron chi connectivity index (χ0n) is 68.9. The molecule has 0 aromatic carbocycles. The van der Waals surface area contributed by atoms with Crippen molar-refractivity contribution < 1.29 is 179 Å². The fraction of sp³-hybridized carbons (Fsp3) is 0.903. The molecule has 1 fully saturated rings. The van der Waals surface area contributed by atoms with Crippen LogP contribution in [0.2, 0.25) is 0 Å². The highest BCUT2D eigenvalue weighted by molar-refractivity contribution is 7.55. The lowest BCUT2D eigenvalue weighted by Crippen LogP contribution is -2.32. The number of carbonyl (C=O) groups excluding carboxylic acids is 6. The molecule has 45 heteroatoms. The molecule has 0 aromatic heterocycles. The van der Waals surface area contributed by atoms with Crippen molar-refractivity contribution in [3.8, 4) is 0 Å². The van der Waals surface area contributed by atoms with E-state index in [1.807, 2.05) is 0 Å². The molecule has 9 atom stereocenters. The van der Waals surface area contributed by atoms with Crippen LogP contribution in [0.25, 0.3) is 0 Å². The molecule has 0 amide bonds. The van der Waals surface area contributed by atoms with E-state index in [4.69, 9.17) is 51.4 Å². The van der Waals surface area contributed by atoms with Gasteiger partial charge in [0.1, 0.15) is 0 Å². The summed E-state index contributed by atoms with van der Waals surface area (Å²) in [6.07, 6.45) is -7.31. The topological polar surface area (TPSA) is 530 Å². The fourth-order valence-corrected chi connectivity index (χ4v) is 9.75. The third-order valence-corrected chi connectivity index (χ3v) is 25.8. The minimum atomic E-state index is -3.86. The fourth-order valence-electron chi connectivity index (χ4n) is 4.70. The van der Waals surface area contributed by atoms with Crippen LogP contribution in [0.3, 0.4) is 0 Å². The van der Waals surface area contributed by atoms with Gasteiger partial charge in [-0.2, -0.15) is 0 Å². The van der Waals surface area contributed by atoms with Crippen molar-refractivity contribution in [2.45, 2.75) is 335 Å². The van der Waals surface area contributed by atoms with E-state index in [1.165, 1.54) is 41.5 Å². The smallest absolute Gasteiger partial charge is 0.438 e. The molecular formula is C62H131O38P7. The van der Waals surface area contributed by atoms with Gasteiger partial charge in [0.2, 0.25) is 37.7 Å². The van der Waals surface area contributed by atoms with Crippen LogP contribution in [-0.2, 0) is 121 Å². The minimum Gasteiger partial charge on any atom is -0.438 e. The summed E-state index contributed by atoms with van der Waals surface area (Å²) in [4.78, 5) is 133. The summed E-state index contributed by atoms with van der Waals surface area (Å²) in [5, 5.41) is -2.78. The van der Waals surface area contributed by atoms with Gasteiger partial charge in [-0.1, -0.05) is 55.4 Å². The second-order valence-electron chi connectivity index (χ2n) is 29.6. The van der Waals surface area contributed by atoms with Crippen molar-refractivity contribution in [1.29, 1.82) is 0 Å². The van der Waals surface area contributed by atoms with Gasteiger partial charge in [0.05, 0.1) is 81.1 Å². The Labute approximate surface area is 633 Å². The number of rotatable bonds is 29. The van der Waals surface area contributed by atoms with Crippen LogP contribution in [0, 0.1) is 5.41 Å². The molecule has 0 aliphatic heterocycles. The highest BCUT2D eigenvalue weighted by Gasteiger charge is 2.56. The predicted octanol–water partition coefficient (Wildman–Crippen LogP) is 17.2. The molecule has 0 heterocycles. The van der Waals surface area contributed by atoms with E-state index in [-0.39, 0.29) is 36.7 Å². The first-order valence-corrected chi connectivity index (χ1v) is 45.1. The zero-order valence-corrected chi connectivity index (χ0v) is 75.2. The zero-order chi connectivity index (χ0) is 86.7. The Bertz CT molecular complexity index is 2990. The molecule has 0 saturated heterocycles. The van der Waals surface area contributed by atoms with Crippen LogP contribution in [0.4, 0.5) is 24.0 Å². The monoisotopic (exact) mass is 1700 g/mol. The van der Waals surface area contributed by atoms with Crippen molar-refractivity contribution >= 4 is 89.9 Å². The summed E-state index contributed by atoms with van der Waals surface area (Å²) in [6, 6.07) is 0. The second-order valence-corrected chi connectivity index (χ2v) is 46.9. The summed E-state index contributed by atoms with van der Waals surface area (Å²) in [7, 11) is -26.0. The molecule has 9 unspecified atom stereocenters. The lowest BCUT2D eigenvalue weighted by Gasteiger charge is -2.28. The Kier molecular flexibility index (Phi) is 53.1. The highest BCUT2D eigenvalue weighted by atomic mass is 31.2. The second kappa shape index (κ2) is 49.5. The van der Waals surface area contributed by atoms with Crippen molar-refractivity contribution in [2.24, 2.45) is 5.41 Å². The SMILES string of the molecule is CC(C)OC(=O)OC(C)(C)OP(=O)(O)C(C)C.CC(C)OC(=O)OC(C)OP(=O)(O)C(C)(C)C.CC(C)OC(=O)OC1(OP(=O)(O)C(C)(C)C)CC1.CC(C)OC(=O)OCOP(=O)(O)C(C)(C)C.CC(C)P(=O)(O)OCOC(=O)C(C)(C)C.CCOC(=O)OC(C)OP(=O)(O)C(C)C.CCOP(=O)(O)C(C)C. The van der Waals surface area contributed by atoms with E-state index in [1.54, 1.807) is 194 Å². The molecule has 642 valence electrons. The maximum Gasteiger partial charge on any atom is 0.511 e. The Morgan fingerprint density at radius 2 is 0.701 bits per heavy atom. The first-order chi connectivity index (χ1) is 47.3. The molecule has 0 spiro atoms. The lowest BCUT2D eigenvalue weighted by atomic mass is 9.98. The van der Waals surface area contributed by atoms with E-state index >= 15 is 0 Å². The standard InChI is InChI=1S/C11H21O6P.2C10H21O6P.C9H19O6P.C9H19O5P.C8H17O6P.C5H13O3P/c1-8(2)15-9(12)16-11(6-7-11)17-18(13,14)10(3,4)5;1-7(2)14-9(11)15-8(3)16-17(12,13)10(4,5)6;1-7(2)14-9(11)15-10(5,6)16-17(12,13)8(3)4;1-7(2)15-8(10)13-6-14-16(11,12)9(3,4)5;1-7(2)15(11,12)14-6-13-8(10)9(3,4)5;1-5-12-8(9)13-7(4)14-15(10,11)6(2)3;1-4-8-9(6,7)5(2)3/h8H,6-7H2,1-5H3,(H,13,14);2*7-8H,1-6H3,(H,12,13);7H,6H2,1-5H3,(H,11,12);7H,6H2,1-5H3,(H,11,12);6-7H,5H2,1-4H3,(H,10,11);5H,4H2,1-3H3,(H,6,7). The molecule has 1 aliphatic carbocycles. The maximum absolute atomic E-state index is 12.0. The first kappa shape index (κ1) is 115. The van der Waals surface area contributed by atoms with Gasteiger partial charge in [0.25, 0.3) is 0 Å². The third kappa shape index (κ3) is 56.7. The number of esters is 1. The predicted molar refractivity (Wildman–Crippen MR) is 396 cm³/mol. The first-order valence-electron chi connectivity index (χ1n) is 33.8. The maximum atomic E-state index is 12.0. The van der Waals surface area contributed by atoms with Crippen molar-refractivity contribution in [3.63, 3.8) is 0 Å². The van der Waals surface area contributed by atoms with Gasteiger partial charge in [0.15, 0.2) is 0 Å². The molecule has 1 saturated carbocycles. The molecule has 107 heavy (non-hydrogen) atoms. The van der Waals surface area contributed by atoms with Crippen LogP contribution in [0.1, 0.15) is 248 Å². The molecule has 0 bridgehead atoms. The highest BCUT2D eigenvalue weighted by Crippen LogP contribution is 2.63. The Hall–Kier alpha value is -3.13. The average Bonchev–Trinajstić information content (AvgIpc) is 1.62. The van der Waals surface area contributed by atoms with Gasteiger partial charge in [-0.15, -0.1) is 0 Å². The van der Waals surface area contributed by atoms with E-state index in [9.17, 15) is 90.1 Å². The molecule has 0 aromatic rings. The minimum absolute atomic E-state index is 0.173. The van der Waals surface area contributed by atoms with Crippen molar-refractivity contribution in [1.82, 2.24) is 0 Å². The number of hydrogen-bond acceptors (Lipinski definition) is 31. The largest absolute Gasteiger partial charge is 0.511 e. The number of ether oxygens (including phenoxy) is 11. The van der Waals surface area contributed by atoms with Crippen LogP contribution < -0.4 is 0 Å². The Morgan fingerprint density at radius 1 is 0.364 bits per heavy atom. The molecule has 0 radical (unpaired) electrons.